The van der Waals surface area contributed by atoms with Crippen molar-refractivity contribution in [2.75, 3.05) is 25.0 Å². The van der Waals surface area contributed by atoms with E-state index >= 15 is 0 Å². The molecule has 0 spiro atoms. The van der Waals surface area contributed by atoms with Gasteiger partial charge in [-0.1, -0.05) is 0 Å². The molecule has 0 bridgehead atoms. The molecule has 0 aliphatic carbocycles. The molecule has 2 N–H and O–H groups in total. The van der Waals surface area contributed by atoms with Crippen molar-refractivity contribution in [2.24, 2.45) is 0 Å². The number of amides is 3. The Hall–Kier alpha value is -2.12. The van der Waals surface area contributed by atoms with Gasteiger partial charge in [-0.05, 0) is 50.1 Å². The summed E-state index contributed by atoms with van der Waals surface area (Å²) in [5.74, 6) is -0.741. The van der Waals surface area contributed by atoms with Gasteiger partial charge in [0.25, 0.3) is 5.91 Å². The number of imide groups is 1. The van der Waals surface area contributed by atoms with Crippen LogP contribution in [0.5, 0.6) is 0 Å². The molecule has 1 aromatic rings. The van der Waals surface area contributed by atoms with E-state index in [1.807, 2.05) is 19.2 Å². The summed E-state index contributed by atoms with van der Waals surface area (Å²) in [6.07, 6.45) is 2.89. The van der Waals surface area contributed by atoms with Crippen LogP contribution in [0, 0.1) is 0 Å². The van der Waals surface area contributed by atoms with Crippen LogP contribution in [0.25, 0.3) is 0 Å². The Morgan fingerprint density at radius 1 is 1.11 bits per heavy atom. The fourth-order valence-electron chi connectivity index (χ4n) is 4.18. The average Bonchev–Trinajstić information content (AvgIpc) is 2.98. The first-order valence-electron chi connectivity index (χ1n) is 9.26. The van der Waals surface area contributed by atoms with Crippen molar-refractivity contribution in [3.63, 3.8) is 0 Å². The van der Waals surface area contributed by atoms with Gasteiger partial charge in [0.15, 0.2) is 0 Å². The minimum atomic E-state index is -0.553. The Labute approximate surface area is 164 Å². The van der Waals surface area contributed by atoms with Crippen LogP contribution >= 0.6 is 12.4 Å². The van der Waals surface area contributed by atoms with Gasteiger partial charge in [0, 0.05) is 43.3 Å². The molecule has 1 unspecified atom stereocenters. The Morgan fingerprint density at radius 3 is 2.52 bits per heavy atom. The second-order valence-electron chi connectivity index (χ2n) is 7.29. The first-order valence-corrected chi connectivity index (χ1v) is 9.26. The summed E-state index contributed by atoms with van der Waals surface area (Å²) < 4.78 is 0. The summed E-state index contributed by atoms with van der Waals surface area (Å²) in [5.41, 5.74) is 2.77. The van der Waals surface area contributed by atoms with Crippen molar-refractivity contribution < 1.29 is 14.4 Å². The zero-order chi connectivity index (χ0) is 18.3. The lowest BCUT2D eigenvalue weighted by atomic mass is 10.0. The Morgan fingerprint density at radius 2 is 1.85 bits per heavy atom. The highest BCUT2D eigenvalue weighted by Gasteiger charge is 2.39. The molecule has 27 heavy (non-hydrogen) atoms. The van der Waals surface area contributed by atoms with Crippen LogP contribution in [-0.2, 0) is 16.1 Å². The van der Waals surface area contributed by atoms with Crippen LogP contribution in [0.3, 0.4) is 0 Å². The summed E-state index contributed by atoms with van der Waals surface area (Å²) in [6.45, 7) is 2.42. The van der Waals surface area contributed by atoms with Crippen LogP contribution in [0.4, 0.5) is 5.69 Å². The Kier molecular flexibility index (Phi) is 5.72. The van der Waals surface area contributed by atoms with E-state index in [1.165, 1.54) is 0 Å². The van der Waals surface area contributed by atoms with Gasteiger partial charge in [-0.15, -0.1) is 12.4 Å². The molecule has 7 nitrogen and oxygen atoms in total. The number of rotatable bonds is 3. The summed E-state index contributed by atoms with van der Waals surface area (Å²) in [5, 5.41) is 5.67. The second kappa shape index (κ2) is 7.86. The number of hydrogen-bond acceptors (Lipinski definition) is 5. The van der Waals surface area contributed by atoms with Gasteiger partial charge in [0.05, 0.1) is 0 Å². The Balaban J connectivity index is 0.00000210. The molecule has 4 rings (SSSR count). The van der Waals surface area contributed by atoms with Gasteiger partial charge in [0.1, 0.15) is 6.04 Å². The quantitative estimate of drug-likeness (QED) is 0.752. The number of anilines is 1. The first kappa shape index (κ1) is 19.6. The van der Waals surface area contributed by atoms with Gasteiger partial charge in [-0.25, -0.2) is 0 Å². The molecule has 1 aromatic carbocycles. The summed E-state index contributed by atoms with van der Waals surface area (Å²) in [7, 11) is 2.00. The molecule has 3 amide bonds. The largest absolute Gasteiger partial charge is 0.371 e. The van der Waals surface area contributed by atoms with E-state index in [4.69, 9.17) is 0 Å². The van der Waals surface area contributed by atoms with Gasteiger partial charge >= 0.3 is 0 Å². The molecule has 8 heteroatoms. The van der Waals surface area contributed by atoms with Gasteiger partial charge in [0.2, 0.25) is 11.8 Å². The van der Waals surface area contributed by atoms with Gasteiger partial charge in [-0.2, -0.15) is 0 Å². The molecule has 2 saturated heterocycles. The highest BCUT2D eigenvalue weighted by atomic mass is 35.5. The van der Waals surface area contributed by atoms with Crippen molar-refractivity contribution in [1.82, 2.24) is 15.5 Å². The highest BCUT2D eigenvalue weighted by Crippen LogP contribution is 2.31. The molecule has 0 saturated carbocycles. The normalized spacial score (nSPS) is 23.1. The second-order valence-corrected chi connectivity index (χ2v) is 7.29. The van der Waals surface area contributed by atoms with E-state index in [0.717, 1.165) is 37.2 Å². The molecule has 3 heterocycles. The fraction of sp³-hybridized carbons (Fsp3) is 0.526. The van der Waals surface area contributed by atoms with Crippen LogP contribution in [-0.4, -0.2) is 54.8 Å². The topological polar surface area (TPSA) is 81.8 Å². The summed E-state index contributed by atoms with van der Waals surface area (Å²) in [6, 6.07) is 5.99. The number of carbonyl (C=O) groups excluding carboxylic acids is 3. The minimum Gasteiger partial charge on any atom is -0.371 e. The first-order chi connectivity index (χ1) is 12.6. The minimum absolute atomic E-state index is 0. The fourth-order valence-corrected chi connectivity index (χ4v) is 4.18. The molecular weight excluding hydrogens is 368 g/mol. The van der Waals surface area contributed by atoms with Crippen LogP contribution in [0.2, 0.25) is 0 Å². The van der Waals surface area contributed by atoms with E-state index < -0.39 is 6.04 Å². The van der Waals surface area contributed by atoms with E-state index in [1.54, 1.807) is 4.90 Å². The maximum Gasteiger partial charge on any atom is 0.255 e. The Bertz CT molecular complexity index is 761. The maximum atomic E-state index is 12.7. The SMILES string of the molecule is CNC1CCN(c2ccc3c(c2)CN(C2CCC(=O)NC2=O)C3=O)CC1.Cl. The molecule has 1 atom stereocenters. The third-order valence-corrected chi connectivity index (χ3v) is 5.78. The van der Waals surface area contributed by atoms with E-state index in [0.29, 0.717) is 24.6 Å². The van der Waals surface area contributed by atoms with E-state index in [9.17, 15) is 14.4 Å². The van der Waals surface area contributed by atoms with Gasteiger partial charge < -0.3 is 15.1 Å². The number of nitrogens with zero attached hydrogens (tertiary/aromatic N) is 2. The number of hydrogen-bond donors (Lipinski definition) is 2. The van der Waals surface area contributed by atoms with Crippen LogP contribution in [0.1, 0.15) is 41.6 Å². The van der Waals surface area contributed by atoms with Crippen molar-refractivity contribution >= 4 is 35.8 Å². The zero-order valence-electron chi connectivity index (χ0n) is 15.4. The predicted molar refractivity (Wildman–Crippen MR) is 104 cm³/mol. The molecule has 146 valence electrons. The highest BCUT2D eigenvalue weighted by molar-refractivity contribution is 6.05. The zero-order valence-corrected chi connectivity index (χ0v) is 16.2. The predicted octanol–water partition coefficient (Wildman–Crippen LogP) is 1.06. The lowest BCUT2D eigenvalue weighted by molar-refractivity contribution is -0.136. The lowest BCUT2D eigenvalue weighted by Gasteiger charge is -2.33. The standard InChI is InChI=1S/C19H24N4O3.ClH/c1-20-13-6-8-22(9-7-13)14-2-3-15-12(10-14)11-23(19(15)26)16-4-5-17(24)21-18(16)25;/h2-3,10,13,16,20H,4-9,11H2,1H3,(H,21,24,25);1H. The molecule has 0 radical (unpaired) electrons. The van der Waals surface area contributed by atoms with E-state index in [2.05, 4.69) is 21.6 Å². The molecule has 2 fully saturated rings. The molecule has 3 aliphatic rings. The van der Waals surface area contributed by atoms with Crippen molar-refractivity contribution in [3.8, 4) is 0 Å². The number of carbonyl (C=O) groups is 3. The smallest absolute Gasteiger partial charge is 0.255 e. The monoisotopic (exact) mass is 392 g/mol. The molecular formula is C19H25ClN4O3. The number of piperidine rings is 2. The maximum absolute atomic E-state index is 12.7. The summed E-state index contributed by atoms with van der Waals surface area (Å²) in [4.78, 5) is 40.2. The van der Waals surface area contributed by atoms with Crippen molar-refractivity contribution in [2.45, 2.75) is 44.3 Å². The number of halogens is 1. The van der Waals surface area contributed by atoms with Gasteiger partial charge in [-0.3, -0.25) is 19.7 Å². The van der Waals surface area contributed by atoms with Crippen molar-refractivity contribution in [3.05, 3.63) is 29.3 Å². The van der Waals surface area contributed by atoms with Crippen molar-refractivity contribution in [1.29, 1.82) is 0 Å². The number of benzene rings is 1. The van der Waals surface area contributed by atoms with Crippen LogP contribution in [0.15, 0.2) is 18.2 Å². The van der Waals surface area contributed by atoms with Crippen LogP contribution < -0.4 is 15.5 Å². The van der Waals surface area contributed by atoms with E-state index in [-0.39, 0.29) is 36.5 Å². The molecule has 3 aliphatic heterocycles. The number of nitrogens with one attached hydrogen (secondary N) is 2. The molecule has 0 aromatic heterocycles. The third kappa shape index (κ3) is 3.66. The average molecular weight is 393 g/mol. The third-order valence-electron chi connectivity index (χ3n) is 5.78. The summed E-state index contributed by atoms with van der Waals surface area (Å²) >= 11 is 0. The number of fused-ring (bicyclic) bond motifs is 1. The lowest BCUT2D eigenvalue weighted by Crippen LogP contribution is -2.52.